The number of hydrogen-bond acceptors (Lipinski definition) is 7. The van der Waals surface area contributed by atoms with Crippen molar-refractivity contribution in [1.82, 2.24) is 16.0 Å². The van der Waals surface area contributed by atoms with Crippen LogP contribution in [0.2, 0.25) is 0 Å². The van der Waals surface area contributed by atoms with Gasteiger partial charge in [-0.25, -0.2) is 4.79 Å². The normalized spacial score (nSPS) is 16.5. The Balaban J connectivity index is 2.08. The fourth-order valence-electron chi connectivity index (χ4n) is 4.06. The van der Waals surface area contributed by atoms with Crippen LogP contribution in [-0.4, -0.2) is 87.1 Å². The van der Waals surface area contributed by atoms with Gasteiger partial charge in [-0.05, 0) is 24.0 Å². The van der Waals surface area contributed by atoms with Crippen molar-refractivity contribution in [2.75, 3.05) is 19.7 Å². The fourth-order valence-corrected chi connectivity index (χ4v) is 4.06. The van der Waals surface area contributed by atoms with Gasteiger partial charge in [-0.15, -0.1) is 0 Å². The van der Waals surface area contributed by atoms with Gasteiger partial charge in [-0.1, -0.05) is 81.4 Å². The van der Waals surface area contributed by atoms with Gasteiger partial charge in [-0.2, -0.15) is 0 Å². The molecular weight excluding hydrogens is 490 g/mol. The van der Waals surface area contributed by atoms with Gasteiger partial charge in [0, 0.05) is 18.5 Å². The molecule has 10 heteroatoms. The predicted octanol–water partition coefficient (Wildman–Crippen LogP) is 0.674. The molecule has 2 amide bonds. The van der Waals surface area contributed by atoms with E-state index in [0.717, 1.165) is 11.1 Å². The van der Waals surface area contributed by atoms with Crippen molar-refractivity contribution in [3.8, 4) is 0 Å². The molecule has 2 aromatic carbocycles. The summed E-state index contributed by atoms with van der Waals surface area (Å²) in [5, 5.41) is 59.5. The smallest absolute Gasteiger partial charge is 0.404 e. The number of hydrogen-bond donors (Lipinski definition) is 8. The first kappa shape index (κ1) is 31.2. The van der Waals surface area contributed by atoms with Crippen molar-refractivity contribution in [2.24, 2.45) is 5.41 Å². The molecule has 0 spiro atoms. The highest BCUT2D eigenvalue weighted by Gasteiger charge is 2.47. The number of benzene rings is 2. The van der Waals surface area contributed by atoms with Crippen molar-refractivity contribution in [2.45, 2.75) is 63.5 Å². The summed E-state index contributed by atoms with van der Waals surface area (Å²) < 4.78 is 0. The third kappa shape index (κ3) is 9.07. The minimum atomic E-state index is -2.07. The van der Waals surface area contributed by atoms with Crippen LogP contribution in [0.1, 0.15) is 31.9 Å². The Morgan fingerprint density at radius 2 is 1.21 bits per heavy atom. The van der Waals surface area contributed by atoms with Gasteiger partial charge in [0.1, 0.15) is 0 Å². The summed E-state index contributed by atoms with van der Waals surface area (Å²) in [4.78, 5) is 24.3. The quantitative estimate of drug-likeness (QED) is 0.176. The third-order valence-electron chi connectivity index (χ3n) is 6.70. The second-order valence-electron chi connectivity index (χ2n) is 10.6. The maximum absolute atomic E-state index is 13.0. The maximum Gasteiger partial charge on any atom is 0.404 e. The van der Waals surface area contributed by atoms with Gasteiger partial charge in [0.25, 0.3) is 5.91 Å². The molecule has 8 N–H and O–H groups in total. The molecule has 0 fully saturated rings. The number of carboxylic acid groups (broad SMARTS) is 1. The van der Waals surface area contributed by atoms with Gasteiger partial charge in [0.2, 0.25) is 0 Å². The minimum Gasteiger partial charge on any atom is -0.465 e. The standard InChI is InChI=1S/C28H41N3O7/c1-27(2,3)28(38,18-32)25(35)30-21(14-19-10-6-4-7-11-19)23(33)16-29-17-24(34)22(31-26(36)37)15-20-12-8-5-9-13-20/h4-13,21-24,29,31-34,38H,14-18H2,1-3H3,(H,30,35)(H,36,37)/t21-,22-,23?,24+,28?/m0/s1. The third-order valence-corrected chi connectivity index (χ3v) is 6.70. The zero-order valence-corrected chi connectivity index (χ0v) is 22.2. The van der Waals surface area contributed by atoms with E-state index in [9.17, 15) is 35.1 Å². The maximum atomic E-state index is 13.0. The Bertz CT molecular complexity index is 1000. The molecule has 0 aliphatic heterocycles. The first-order valence-electron chi connectivity index (χ1n) is 12.7. The molecule has 2 unspecified atom stereocenters. The highest BCUT2D eigenvalue weighted by molar-refractivity contribution is 5.86. The lowest BCUT2D eigenvalue weighted by molar-refractivity contribution is -0.160. The van der Waals surface area contributed by atoms with Crippen LogP contribution in [0.15, 0.2) is 60.7 Å². The Labute approximate surface area is 223 Å². The lowest BCUT2D eigenvalue weighted by Crippen LogP contribution is -2.62. The molecule has 0 aliphatic carbocycles. The second kappa shape index (κ2) is 14.2. The van der Waals surface area contributed by atoms with Crippen LogP contribution in [0.3, 0.4) is 0 Å². The van der Waals surface area contributed by atoms with E-state index in [1.54, 1.807) is 20.8 Å². The van der Waals surface area contributed by atoms with E-state index in [2.05, 4.69) is 16.0 Å². The summed E-state index contributed by atoms with van der Waals surface area (Å²) in [6, 6.07) is 16.7. The monoisotopic (exact) mass is 531 g/mol. The molecule has 5 atom stereocenters. The minimum absolute atomic E-state index is 0.0244. The van der Waals surface area contributed by atoms with Gasteiger partial charge in [-0.3, -0.25) is 4.79 Å². The lowest BCUT2D eigenvalue weighted by Gasteiger charge is -2.39. The molecule has 0 saturated carbocycles. The Hall–Kier alpha value is -3.02. The van der Waals surface area contributed by atoms with Crippen LogP contribution in [0.25, 0.3) is 0 Å². The zero-order valence-electron chi connectivity index (χ0n) is 22.2. The molecule has 10 nitrogen and oxygen atoms in total. The van der Waals surface area contributed by atoms with E-state index in [-0.39, 0.29) is 25.9 Å². The van der Waals surface area contributed by atoms with Crippen LogP contribution < -0.4 is 16.0 Å². The molecule has 38 heavy (non-hydrogen) atoms. The average Bonchev–Trinajstić information content (AvgIpc) is 2.87. The molecule has 0 heterocycles. The van der Waals surface area contributed by atoms with Crippen LogP contribution in [0.4, 0.5) is 4.79 Å². The highest BCUT2D eigenvalue weighted by Crippen LogP contribution is 2.30. The number of carbonyl (C=O) groups is 2. The fraction of sp³-hybridized carbons (Fsp3) is 0.500. The molecule has 0 aromatic heterocycles. The van der Waals surface area contributed by atoms with E-state index in [1.807, 2.05) is 60.7 Å². The van der Waals surface area contributed by atoms with Crippen molar-refractivity contribution in [1.29, 1.82) is 0 Å². The lowest BCUT2D eigenvalue weighted by atomic mass is 9.76. The largest absolute Gasteiger partial charge is 0.465 e. The predicted molar refractivity (Wildman–Crippen MR) is 144 cm³/mol. The first-order valence-corrected chi connectivity index (χ1v) is 12.7. The van der Waals surface area contributed by atoms with Gasteiger partial charge >= 0.3 is 6.09 Å². The number of nitrogens with one attached hydrogen (secondary N) is 3. The van der Waals surface area contributed by atoms with Crippen molar-refractivity contribution < 1.29 is 35.1 Å². The molecule has 210 valence electrons. The van der Waals surface area contributed by atoms with E-state index in [4.69, 9.17) is 0 Å². The summed E-state index contributed by atoms with van der Waals surface area (Å²) in [5.41, 5.74) is -1.35. The summed E-state index contributed by atoms with van der Waals surface area (Å²) >= 11 is 0. The second-order valence-corrected chi connectivity index (χ2v) is 10.6. The topological polar surface area (TPSA) is 171 Å². The molecule has 0 saturated heterocycles. The Morgan fingerprint density at radius 1 is 0.789 bits per heavy atom. The number of amides is 2. The molecule has 2 aromatic rings. The summed E-state index contributed by atoms with van der Waals surface area (Å²) in [7, 11) is 0. The highest BCUT2D eigenvalue weighted by atomic mass is 16.4. The molecule has 0 aliphatic rings. The number of aliphatic hydroxyl groups excluding tert-OH is 3. The van der Waals surface area contributed by atoms with E-state index >= 15 is 0 Å². The van der Waals surface area contributed by atoms with Crippen molar-refractivity contribution >= 4 is 12.0 Å². The van der Waals surface area contributed by atoms with Crippen LogP contribution >= 0.6 is 0 Å². The summed E-state index contributed by atoms with van der Waals surface area (Å²) in [5.74, 6) is -0.805. The number of aliphatic hydroxyl groups is 4. The first-order chi connectivity index (χ1) is 17.9. The van der Waals surface area contributed by atoms with Crippen LogP contribution in [0.5, 0.6) is 0 Å². The van der Waals surface area contributed by atoms with E-state index in [0.29, 0.717) is 0 Å². The summed E-state index contributed by atoms with van der Waals surface area (Å²) in [6.45, 7) is 4.04. The zero-order chi connectivity index (χ0) is 28.3. The SMILES string of the molecule is CC(C)(C)C(O)(CO)C(=O)N[C@@H](Cc1ccccc1)C(O)CNC[C@@H](O)[C@H](Cc1ccccc1)NC(=O)O. The number of rotatable bonds is 14. The molecule has 0 bridgehead atoms. The Morgan fingerprint density at radius 3 is 1.58 bits per heavy atom. The molecule has 2 rings (SSSR count). The van der Waals surface area contributed by atoms with Crippen LogP contribution in [-0.2, 0) is 17.6 Å². The summed E-state index contributed by atoms with van der Waals surface area (Å²) in [6.07, 6.45) is -2.96. The molecular formula is C28H41N3O7. The van der Waals surface area contributed by atoms with E-state index in [1.165, 1.54) is 0 Å². The molecule has 0 radical (unpaired) electrons. The van der Waals surface area contributed by atoms with E-state index < -0.39 is 53.9 Å². The van der Waals surface area contributed by atoms with Gasteiger partial charge in [0.15, 0.2) is 5.60 Å². The Kier molecular flexibility index (Phi) is 11.7. The van der Waals surface area contributed by atoms with Crippen molar-refractivity contribution in [3.05, 3.63) is 71.8 Å². The van der Waals surface area contributed by atoms with Gasteiger partial charge < -0.3 is 41.5 Å². The number of carbonyl (C=O) groups excluding carboxylic acids is 1. The average molecular weight is 532 g/mol. The van der Waals surface area contributed by atoms with Gasteiger partial charge in [0.05, 0.1) is 30.9 Å². The van der Waals surface area contributed by atoms with Crippen molar-refractivity contribution in [3.63, 3.8) is 0 Å². The van der Waals surface area contributed by atoms with Crippen LogP contribution in [0, 0.1) is 5.41 Å².